The summed E-state index contributed by atoms with van der Waals surface area (Å²) in [5.41, 5.74) is 2.24. The molecule has 32 heavy (non-hydrogen) atoms. The van der Waals surface area contributed by atoms with E-state index in [-0.39, 0.29) is 11.8 Å². The van der Waals surface area contributed by atoms with E-state index in [2.05, 4.69) is 35.3 Å². The Kier molecular flexibility index (Phi) is 6.95. The molecule has 2 fully saturated rings. The molecule has 0 aliphatic carbocycles. The number of benzene rings is 2. The third kappa shape index (κ3) is 4.73. The van der Waals surface area contributed by atoms with E-state index in [0.717, 1.165) is 25.1 Å². The zero-order valence-electron chi connectivity index (χ0n) is 19.3. The van der Waals surface area contributed by atoms with Crippen LogP contribution in [0.2, 0.25) is 0 Å². The van der Waals surface area contributed by atoms with Crippen LogP contribution in [0.25, 0.3) is 0 Å². The van der Waals surface area contributed by atoms with Gasteiger partial charge in [-0.25, -0.2) is 0 Å². The predicted molar refractivity (Wildman–Crippen MR) is 127 cm³/mol. The van der Waals surface area contributed by atoms with Crippen LogP contribution < -0.4 is 5.32 Å². The second kappa shape index (κ2) is 9.86. The van der Waals surface area contributed by atoms with Crippen LogP contribution >= 0.6 is 0 Å². The molecule has 0 spiro atoms. The lowest BCUT2D eigenvalue weighted by Gasteiger charge is -2.35. The Morgan fingerprint density at radius 2 is 1.69 bits per heavy atom. The topological polar surface area (TPSA) is 52.7 Å². The van der Waals surface area contributed by atoms with Gasteiger partial charge in [0, 0.05) is 31.2 Å². The van der Waals surface area contributed by atoms with Crippen molar-refractivity contribution in [3.05, 3.63) is 71.3 Å². The second-order valence-electron chi connectivity index (χ2n) is 9.47. The molecule has 0 radical (unpaired) electrons. The lowest BCUT2D eigenvalue weighted by atomic mass is 9.96. The molecule has 2 atom stereocenters. The molecule has 5 heteroatoms. The van der Waals surface area contributed by atoms with Gasteiger partial charge in [0.15, 0.2) is 0 Å². The fourth-order valence-corrected chi connectivity index (χ4v) is 5.12. The minimum atomic E-state index is -0.816. The summed E-state index contributed by atoms with van der Waals surface area (Å²) in [5, 5.41) is 3.16. The summed E-state index contributed by atoms with van der Waals surface area (Å²) in [4.78, 5) is 30.7. The van der Waals surface area contributed by atoms with E-state index >= 15 is 0 Å². The number of carbonyl (C=O) groups is 2. The number of amides is 2. The van der Waals surface area contributed by atoms with Crippen molar-refractivity contribution in [3.63, 3.8) is 0 Å². The van der Waals surface area contributed by atoms with Crippen LogP contribution in [0, 0.1) is 0 Å². The van der Waals surface area contributed by atoms with Gasteiger partial charge in [0.05, 0.1) is 0 Å². The van der Waals surface area contributed by atoms with Crippen LogP contribution in [0.4, 0.5) is 0 Å². The van der Waals surface area contributed by atoms with Gasteiger partial charge in [-0.05, 0) is 69.3 Å². The van der Waals surface area contributed by atoms with Gasteiger partial charge < -0.3 is 10.2 Å². The number of piperidine rings is 1. The first-order valence-electron chi connectivity index (χ1n) is 12.0. The van der Waals surface area contributed by atoms with E-state index in [1.807, 2.05) is 43.3 Å². The summed E-state index contributed by atoms with van der Waals surface area (Å²) in [7, 11) is 0. The van der Waals surface area contributed by atoms with Gasteiger partial charge >= 0.3 is 0 Å². The zero-order valence-corrected chi connectivity index (χ0v) is 19.3. The summed E-state index contributed by atoms with van der Waals surface area (Å²) in [5.74, 6) is -0.138. The molecule has 2 saturated heterocycles. The molecule has 0 aromatic heterocycles. The molecule has 2 unspecified atom stereocenters. The fraction of sp³-hybridized carbons (Fsp3) is 0.481. The Balaban J connectivity index is 1.43. The molecular weight excluding hydrogens is 398 g/mol. The average Bonchev–Trinajstić information content (AvgIpc) is 3.22. The molecule has 2 aromatic carbocycles. The number of nitrogens with one attached hydrogen (secondary N) is 1. The van der Waals surface area contributed by atoms with Crippen molar-refractivity contribution < 1.29 is 9.59 Å². The van der Waals surface area contributed by atoms with E-state index in [0.29, 0.717) is 31.1 Å². The van der Waals surface area contributed by atoms with Crippen LogP contribution in [-0.2, 0) is 17.9 Å². The third-order valence-electron chi connectivity index (χ3n) is 7.27. The van der Waals surface area contributed by atoms with Crippen molar-refractivity contribution in [2.75, 3.05) is 13.1 Å². The number of rotatable bonds is 6. The average molecular weight is 434 g/mol. The van der Waals surface area contributed by atoms with Crippen LogP contribution in [0.3, 0.4) is 0 Å². The number of hydrogen-bond acceptors (Lipinski definition) is 3. The summed E-state index contributed by atoms with van der Waals surface area (Å²) in [6.45, 7) is 7.36. The highest BCUT2D eigenvalue weighted by molar-refractivity contribution is 5.99. The van der Waals surface area contributed by atoms with E-state index in [1.54, 1.807) is 4.90 Å². The Morgan fingerprint density at radius 1 is 0.969 bits per heavy atom. The van der Waals surface area contributed by atoms with Crippen molar-refractivity contribution >= 4 is 11.8 Å². The molecule has 2 aliphatic rings. The molecule has 170 valence electrons. The molecule has 0 bridgehead atoms. The van der Waals surface area contributed by atoms with Crippen LogP contribution in [-0.4, -0.2) is 46.3 Å². The van der Waals surface area contributed by atoms with E-state index in [4.69, 9.17) is 0 Å². The number of hydrogen-bond donors (Lipinski definition) is 1. The second-order valence-corrected chi connectivity index (χ2v) is 9.47. The lowest BCUT2D eigenvalue weighted by molar-refractivity contribution is -0.130. The van der Waals surface area contributed by atoms with E-state index in [1.165, 1.54) is 24.8 Å². The standard InChI is InChI=1S/C27H35N3O2/c1-21-11-8-9-17-29(21)20-24-15-7-6-14-23(24)19-28-26(32)27(2)16-10-18-30(27)25(31)22-12-4-3-5-13-22/h3-7,12-15,21H,8-11,16-20H2,1-2H3,(H,28,32). The van der Waals surface area contributed by atoms with Crippen molar-refractivity contribution in [3.8, 4) is 0 Å². The molecule has 1 N–H and O–H groups in total. The van der Waals surface area contributed by atoms with Crippen molar-refractivity contribution in [2.24, 2.45) is 0 Å². The van der Waals surface area contributed by atoms with Crippen LogP contribution in [0.5, 0.6) is 0 Å². The van der Waals surface area contributed by atoms with Crippen molar-refractivity contribution in [2.45, 2.75) is 70.6 Å². The summed E-state index contributed by atoms with van der Waals surface area (Å²) < 4.78 is 0. The predicted octanol–water partition coefficient (Wildman–Crippen LogP) is 4.37. The van der Waals surface area contributed by atoms with Crippen LogP contribution in [0.15, 0.2) is 54.6 Å². The van der Waals surface area contributed by atoms with Gasteiger partial charge in [0.1, 0.15) is 5.54 Å². The Bertz CT molecular complexity index is 945. The minimum Gasteiger partial charge on any atom is -0.350 e. The minimum absolute atomic E-state index is 0.0691. The molecule has 2 aromatic rings. The van der Waals surface area contributed by atoms with E-state index in [9.17, 15) is 9.59 Å². The molecule has 2 amide bonds. The summed E-state index contributed by atoms with van der Waals surface area (Å²) >= 11 is 0. The first-order valence-corrected chi connectivity index (χ1v) is 12.0. The maximum Gasteiger partial charge on any atom is 0.254 e. The highest BCUT2D eigenvalue weighted by Crippen LogP contribution is 2.31. The maximum absolute atomic E-state index is 13.3. The van der Waals surface area contributed by atoms with Gasteiger partial charge in [0.2, 0.25) is 5.91 Å². The highest BCUT2D eigenvalue weighted by Gasteiger charge is 2.45. The Labute approximate surface area is 191 Å². The van der Waals surface area contributed by atoms with Gasteiger partial charge in [-0.2, -0.15) is 0 Å². The molecular formula is C27H35N3O2. The molecule has 5 nitrogen and oxygen atoms in total. The quantitative estimate of drug-likeness (QED) is 0.736. The first kappa shape index (κ1) is 22.5. The molecule has 0 saturated carbocycles. The molecule has 2 heterocycles. The lowest BCUT2D eigenvalue weighted by Crippen LogP contribution is -2.55. The summed E-state index contributed by atoms with van der Waals surface area (Å²) in [6, 6.07) is 18.2. The van der Waals surface area contributed by atoms with Crippen molar-refractivity contribution in [1.82, 2.24) is 15.1 Å². The first-order chi connectivity index (χ1) is 15.5. The zero-order chi connectivity index (χ0) is 22.6. The fourth-order valence-electron chi connectivity index (χ4n) is 5.12. The maximum atomic E-state index is 13.3. The normalized spacial score (nSPS) is 23.8. The highest BCUT2D eigenvalue weighted by atomic mass is 16.2. The molecule has 4 rings (SSSR count). The van der Waals surface area contributed by atoms with E-state index < -0.39 is 5.54 Å². The third-order valence-corrected chi connectivity index (χ3v) is 7.27. The van der Waals surface area contributed by atoms with Gasteiger partial charge in [-0.1, -0.05) is 48.9 Å². The van der Waals surface area contributed by atoms with Gasteiger partial charge in [-0.3, -0.25) is 14.5 Å². The van der Waals surface area contributed by atoms with Gasteiger partial charge in [-0.15, -0.1) is 0 Å². The number of carbonyl (C=O) groups excluding carboxylic acids is 2. The molecule has 2 aliphatic heterocycles. The number of nitrogens with zero attached hydrogens (tertiary/aromatic N) is 2. The summed E-state index contributed by atoms with van der Waals surface area (Å²) in [6.07, 6.45) is 5.35. The van der Waals surface area contributed by atoms with Crippen LogP contribution in [0.1, 0.15) is 67.4 Å². The van der Waals surface area contributed by atoms with Crippen molar-refractivity contribution in [1.29, 1.82) is 0 Å². The number of likely N-dealkylation sites (tertiary alicyclic amines) is 2. The van der Waals surface area contributed by atoms with Gasteiger partial charge in [0.25, 0.3) is 5.91 Å². The monoisotopic (exact) mass is 433 g/mol. The smallest absolute Gasteiger partial charge is 0.254 e. The Morgan fingerprint density at radius 3 is 2.44 bits per heavy atom. The SMILES string of the molecule is CC1CCCCN1Cc1ccccc1CNC(=O)C1(C)CCCN1C(=O)c1ccccc1. The largest absolute Gasteiger partial charge is 0.350 e. The Hall–Kier alpha value is -2.66.